The lowest BCUT2D eigenvalue weighted by atomic mass is 9.82. The molecule has 1 saturated carbocycles. The van der Waals surface area contributed by atoms with Crippen LogP contribution in [-0.2, 0) is 16.1 Å². The Hall–Kier alpha value is -1.84. The van der Waals surface area contributed by atoms with Gasteiger partial charge in [0.15, 0.2) is 0 Å². The normalized spacial score (nSPS) is 22.9. The molecule has 106 valence electrons. The van der Waals surface area contributed by atoms with Gasteiger partial charge in [0.05, 0.1) is 24.7 Å². The number of esters is 1. The van der Waals surface area contributed by atoms with Crippen molar-refractivity contribution in [3.05, 3.63) is 30.7 Å². The van der Waals surface area contributed by atoms with Gasteiger partial charge in [-0.1, -0.05) is 0 Å². The minimum atomic E-state index is -0.0425. The molecular formula is C16H20N2O2. The summed E-state index contributed by atoms with van der Waals surface area (Å²) in [5.74, 6) is 0.713. The van der Waals surface area contributed by atoms with Crippen LogP contribution in [0, 0.1) is 11.8 Å². The molecule has 0 aromatic carbocycles. The van der Waals surface area contributed by atoms with Crippen molar-refractivity contribution >= 4 is 16.9 Å². The molecule has 0 bridgehead atoms. The van der Waals surface area contributed by atoms with Crippen molar-refractivity contribution < 1.29 is 9.53 Å². The van der Waals surface area contributed by atoms with E-state index < -0.39 is 0 Å². The zero-order chi connectivity index (χ0) is 13.9. The fraction of sp³-hybridized carbons (Fsp3) is 0.500. The number of pyridine rings is 1. The second-order valence-corrected chi connectivity index (χ2v) is 5.64. The quantitative estimate of drug-likeness (QED) is 0.807. The van der Waals surface area contributed by atoms with Crippen molar-refractivity contribution in [2.75, 3.05) is 7.11 Å². The lowest BCUT2D eigenvalue weighted by Crippen LogP contribution is -2.24. The molecule has 4 heteroatoms. The minimum Gasteiger partial charge on any atom is -0.469 e. The number of fused-ring (bicyclic) bond motifs is 1. The lowest BCUT2D eigenvalue weighted by molar-refractivity contribution is -0.146. The van der Waals surface area contributed by atoms with Crippen LogP contribution >= 0.6 is 0 Å². The van der Waals surface area contributed by atoms with Gasteiger partial charge < -0.3 is 9.30 Å². The van der Waals surface area contributed by atoms with Gasteiger partial charge in [-0.2, -0.15) is 0 Å². The van der Waals surface area contributed by atoms with E-state index in [1.807, 2.05) is 18.5 Å². The van der Waals surface area contributed by atoms with Gasteiger partial charge in [-0.15, -0.1) is 0 Å². The number of hydrogen-bond donors (Lipinski definition) is 0. The molecule has 0 radical (unpaired) electrons. The van der Waals surface area contributed by atoms with E-state index in [0.29, 0.717) is 5.92 Å². The molecule has 0 N–H and O–H groups in total. The van der Waals surface area contributed by atoms with Crippen molar-refractivity contribution in [2.24, 2.45) is 11.8 Å². The molecule has 1 fully saturated rings. The molecule has 0 saturated heterocycles. The van der Waals surface area contributed by atoms with E-state index in [1.54, 1.807) is 0 Å². The predicted octanol–water partition coefficient (Wildman–Crippen LogP) is 3.02. The SMILES string of the molecule is COC(=O)[C@H]1CC[C@H](Cn2ccc3ccncc32)CC1. The third-order valence-electron chi connectivity index (χ3n) is 4.41. The summed E-state index contributed by atoms with van der Waals surface area (Å²) in [4.78, 5) is 15.7. The molecule has 0 unspecified atom stereocenters. The summed E-state index contributed by atoms with van der Waals surface area (Å²) >= 11 is 0. The second-order valence-electron chi connectivity index (χ2n) is 5.64. The van der Waals surface area contributed by atoms with E-state index in [2.05, 4.69) is 21.8 Å². The fourth-order valence-electron chi connectivity index (χ4n) is 3.21. The second kappa shape index (κ2) is 5.65. The predicted molar refractivity (Wildman–Crippen MR) is 77.2 cm³/mol. The third-order valence-corrected chi connectivity index (χ3v) is 4.41. The monoisotopic (exact) mass is 272 g/mol. The van der Waals surface area contributed by atoms with Gasteiger partial charge >= 0.3 is 5.97 Å². The highest BCUT2D eigenvalue weighted by atomic mass is 16.5. The van der Waals surface area contributed by atoms with Crippen molar-refractivity contribution in [1.29, 1.82) is 0 Å². The van der Waals surface area contributed by atoms with E-state index in [-0.39, 0.29) is 11.9 Å². The Morgan fingerprint density at radius 1 is 1.35 bits per heavy atom. The number of aromatic nitrogens is 2. The Kier molecular flexibility index (Phi) is 3.72. The minimum absolute atomic E-state index is 0.0425. The third kappa shape index (κ3) is 2.55. The van der Waals surface area contributed by atoms with Crippen LogP contribution in [0.4, 0.5) is 0 Å². The van der Waals surface area contributed by atoms with E-state index in [4.69, 9.17) is 4.74 Å². The number of hydrogen-bond acceptors (Lipinski definition) is 3. The Bertz CT molecular complexity index is 597. The molecule has 3 rings (SSSR count). The lowest BCUT2D eigenvalue weighted by Gasteiger charge is -2.27. The fourth-order valence-corrected chi connectivity index (χ4v) is 3.21. The first-order valence-electron chi connectivity index (χ1n) is 7.24. The van der Waals surface area contributed by atoms with Crippen molar-refractivity contribution in [3.8, 4) is 0 Å². The van der Waals surface area contributed by atoms with Crippen LogP contribution < -0.4 is 0 Å². The maximum Gasteiger partial charge on any atom is 0.308 e. The summed E-state index contributed by atoms with van der Waals surface area (Å²) in [7, 11) is 1.48. The number of methoxy groups -OCH3 is 1. The molecule has 2 aromatic rings. The standard InChI is InChI=1S/C16H20N2O2/c1-20-16(19)14-4-2-12(3-5-14)11-18-9-7-13-6-8-17-10-15(13)18/h6-10,12,14H,2-5,11H2,1H3/t12-,14-. The summed E-state index contributed by atoms with van der Waals surface area (Å²) in [5, 5.41) is 1.24. The van der Waals surface area contributed by atoms with E-state index in [1.165, 1.54) is 18.0 Å². The van der Waals surface area contributed by atoms with Gasteiger partial charge in [-0.25, -0.2) is 0 Å². The van der Waals surface area contributed by atoms with E-state index >= 15 is 0 Å². The van der Waals surface area contributed by atoms with Crippen LogP contribution in [-0.4, -0.2) is 22.6 Å². The summed E-state index contributed by atoms with van der Waals surface area (Å²) in [6.45, 7) is 1.02. The molecule has 4 nitrogen and oxygen atoms in total. The van der Waals surface area contributed by atoms with Gasteiger partial charge in [0, 0.05) is 24.3 Å². The van der Waals surface area contributed by atoms with E-state index in [0.717, 1.165) is 32.2 Å². The summed E-state index contributed by atoms with van der Waals surface area (Å²) in [6, 6.07) is 4.18. The maximum atomic E-state index is 11.5. The number of carbonyl (C=O) groups is 1. The first kappa shape index (κ1) is 13.2. The molecule has 0 atom stereocenters. The summed E-state index contributed by atoms with van der Waals surface area (Å²) in [6.07, 6.45) is 9.99. The highest BCUT2D eigenvalue weighted by molar-refractivity contribution is 5.78. The Morgan fingerprint density at radius 2 is 2.15 bits per heavy atom. The maximum absolute atomic E-state index is 11.5. The molecule has 0 aliphatic heterocycles. The highest BCUT2D eigenvalue weighted by Gasteiger charge is 2.27. The Balaban J connectivity index is 1.64. The first-order valence-corrected chi connectivity index (χ1v) is 7.24. The van der Waals surface area contributed by atoms with Crippen LogP contribution in [0.15, 0.2) is 30.7 Å². The Labute approximate surface area is 118 Å². The zero-order valence-electron chi connectivity index (χ0n) is 11.8. The molecule has 0 spiro atoms. The number of ether oxygens (including phenoxy) is 1. The first-order chi connectivity index (χ1) is 9.78. The van der Waals surface area contributed by atoms with Gasteiger partial charge in [-0.05, 0) is 43.7 Å². The molecule has 0 amide bonds. The van der Waals surface area contributed by atoms with Gasteiger partial charge in [0.2, 0.25) is 0 Å². The van der Waals surface area contributed by atoms with Crippen molar-refractivity contribution in [1.82, 2.24) is 9.55 Å². The smallest absolute Gasteiger partial charge is 0.308 e. The summed E-state index contributed by atoms with van der Waals surface area (Å²) < 4.78 is 7.12. The van der Waals surface area contributed by atoms with E-state index in [9.17, 15) is 4.79 Å². The van der Waals surface area contributed by atoms with Crippen molar-refractivity contribution in [2.45, 2.75) is 32.2 Å². The Morgan fingerprint density at radius 3 is 2.90 bits per heavy atom. The number of carbonyl (C=O) groups excluding carboxylic acids is 1. The molecular weight excluding hydrogens is 252 g/mol. The van der Waals surface area contributed by atoms with Crippen LogP contribution in [0.1, 0.15) is 25.7 Å². The zero-order valence-corrected chi connectivity index (χ0v) is 11.8. The summed E-state index contributed by atoms with van der Waals surface area (Å²) in [5.41, 5.74) is 1.20. The van der Waals surface area contributed by atoms with Gasteiger partial charge in [0.25, 0.3) is 0 Å². The molecule has 2 aromatic heterocycles. The van der Waals surface area contributed by atoms with Crippen LogP contribution in [0.2, 0.25) is 0 Å². The molecule has 1 aliphatic rings. The van der Waals surface area contributed by atoms with Crippen LogP contribution in [0.25, 0.3) is 10.9 Å². The van der Waals surface area contributed by atoms with Crippen LogP contribution in [0.5, 0.6) is 0 Å². The number of rotatable bonds is 3. The van der Waals surface area contributed by atoms with Gasteiger partial charge in [0.1, 0.15) is 0 Å². The highest BCUT2D eigenvalue weighted by Crippen LogP contribution is 2.31. The molecule has 20 heavy (non-hydrogen) atoms. The van der Waals surface area contributed by atoms with Crippen LogP contribution in [0.3, 0.4) is 0 Å². The van der Waals surface area contributed by atoms with Gasteiger partial charge in [-0.3, -0.25) is 9.78 Å². The average Bonchev–Trinajstić information content (AvgIpc) is 2.91. The van der Waals surface area contributed by atoms with Crippen molar-refractivity contribution in [3.63, 3.8) is 0 Å². The molecule has 1 aliphatic carbocycles. The largest absolute Gasteiger partial charge is 0.469 e. The number of nitrogens with zero attached hydrogens (tertiary/aromatic N) is 2. The topological polar surface area (TPSA) is 44.1 Å². The average molecular weight is 272 g/mol. The molecule has 2 heterocycles.